The van der Waals surface area contributed by atoms with E-state index in [4.69, 9.17) is 14.5 Å². The molecular weight excluding hydrogens is 546 g/mol. The summed E-state index contributed by atoms with van der Waals surface area (Å²) in [5, 5.41) is 18.4. The van der Waals surface area contributed by atoms with Crippen LogP contribution in [0.1, 0.15) is 47.3 Å². The van der Waals surface area contributed by atoms with E-state index < -0.39 is 27.5 Å². The maximum absolute atomic E-state index is 13.8. The highest BCUT2D eigenvalue weighted by molar-refractivity contribution is 7.89. The summed E-state index contributed by atoms with van der Waals surface area (Å²) in [6.07, 6.45) is -0.187. The second-order valence-electron chi connectivity index (χ2n) is 10.7. The Morgan fingerprint density at radius 2 is 1.90 bits per heavy atom. The number of para-hydroxylation sites is 1. The molecule has 0 saturated carbocycles. The molecule has 12 heteroatoms. The molecule has 1 spiro atoms. The van der Waals surface area contributed by atoms with Gasteiger partial charge in [-0.25, -0.2) is 13.1 Å². The number of aliphatic carboxylic acids is 1. The Hall–Kier alpha value is -3.87. The van der Waals surface area contributed by atoms with Crippen LogP contribution in [0.15, 0.2) is 53.4 Å². The van der Waals surface area contributed by atoms with E-state index in [2.05, 4.69) is 10.3 Å². The number of carboxylic acids is 1. The first-order chi connectivity index (χ1) is 19.6. The van der Waals surface area contributed by atoms with E-state index >= 15 is 0 Å². The molecule has 0 bridgehead atoms. The molecule has 0 amide bonds. The number of fused-ring (bicyclic) bond motifs is 2. The number of carboxylic acid groups (broad SMARTS) is 1. The highest BCUT2D eigenvalue weighted by atomic mass is 32.2. The maximum Gasteiger partial charge on any atom is 0.304 e. The summed E-state index contributed by atoms with van der Waals surface area (Å²) in [5.41, 5.74) is 4.34. The van der Waals surface area contributed by atoms with Gasteiger partial charge in [-0.2, -0.15) is 4.31 Å². The van der Waals surface area contributed by atoms with Gasteiger partial charge in [-0.05, 0) is 61.7 Å². The zero-order valence-corrected chi connectivity index (χ0v) is 23.9. The van der Waals surface area contributed by atoms with Gasteiger partial charge in [0.05, 0.1) is 43.9 Å². The van der Waals surface area contributed by atoms with Crippen molar-refractivity contribution in [2.45, 2.75) is 56.7 Å². The average Bonchev–Trinajstić information content (AvgIpc) is 3.31. The summed E-state index contributed by atoms with van der Waals surface area (Å²) < 4.78 is 42.5. The fourth-order valence-electron chi connectivity index (χ4n) is 5.63. The van der Waals surface area contributed by atoms with E-state index in [0.29, 0.717) is 23.7 Å². The molecule has 1 saturated heterocycles. The summed E-state index contributed by atoms with van der Waals surface area (Å²) in [6.45, 7) is 7.11. The normalized spacial score (nSPS) is 18.3. The monoisotopic (exact) mass is 577 g/mol. The van der Waals surface area contributed by atoms with Crippen molar-refractivity contribution in [3.8, 4) is 5.75 Å². The van der Waals surface area contributed by atoms with Crippen molar-refractivity contribution in [3.63, 3.8) is 0 Å². The lowest BCUT2D eigenvalue weighted by molar-refractivity contribution is -0.165. The Morgan fingerprint density at radius 3 is 2.61 bits per heavy atom. The lowest BCUT2D eigenvalue weighted by atomic mass is 9.88. The first-order valence-electron chi connectivity index (χ1n) is 13.5. The highest BCUT2D eigenvalue weighted by Gasteiger charge is 2.49. The average molecular weight is 578 g/mol. The molecule has 4 heterocycles. The first-order valence-corrected chi connectivity index (χ1v) is 14.9. The van der Waals surface area contributed by atoms with Gasteiger partial charge in [-0.15, -0.1) is 5.10 Å². The molecule has 2 aromatic carbocycles. The smallest absolute Gasteiger partial charge is 0.304 e. The number of aryl methyl sites for hydroxylation is 3. The van der Waals surface area contributed by atoms with E-state index in [1.165, 1.54) is 4.31 Å². The lowest BCUT2D eigenvalue weighted by Crippen LogP contribution is -2.60. The van der Waals surface area contributed by atoms with Gasteiger partial charge in [0.15, 0.2) is 5.60 Å². The van der Waals surface area contributed by atoms with Gasteiger partial charge in [-0.3, -0.25) is 9.78 Å². The van der Waals surface area contributed by atoms with Crippen LogP contribution in [0.5, 0.6) is 5.75 Å². The quantitative estimate of drug-likeness (QED) is 0.350. The summed E-state index contributed by atoms with van der Waals surface area (Å²) in [5.74, 6) is -1.23. The molecule has 11 nitrogen and oxygen atoms in total. The van der Waals surface area contributed by atoms with Crippen LogP contribution < -0.4 is 4.74 Å². The Kier molecular flexibility index (Phi) is 6.79. The van der Waals surface area contributed by atoms with Crippen molar-refractivity contribution in [1.82, 2.24) is 24.3 Å². The molecule has 2 aromatic heterocycles. The number of aromatic nitrogens is 4. The molecule has 6 rings (SSSR count). The molecule has 1 N–H and O–H groups in total. The van der Waals surface area contributed by atoms with Crippen LogP contribution in [0, 0.1) is 13.8 Å². The van der Waals surface area contributed by atoms with Crippen molar-refractivity contribution in [2.75, 3.05) is 19.8 Å². The number of carbonyl (C=O) groups is 1. The molecule has 1 atom stereocenters. The lowest BCUT2D eigenvalue weighted by Gasteiger charge is -2.41. The first kappa shape index (κ1) is 27.3. The van der Waals surface area contributed by atoms with Crippen molar-refractivity contribution in [3.05, 3.63) is 76.6 Å². The number of sulfonamides is 1. The Bertz CT molecular complexity index is 1760. The molecule has 0 radical (unpaired) electrons. The number of pyridine rings is 1. The number of hydrogen-bond acceptors (Lipinski definition) is 8. The van der Waals surface area contributed by atoms with Crippen LogP contribution >= 0.6 is 0 Å². The Balaban J connectivity index is 1.40. The minimum absolute atomic E-state index is 0.00405. The largest absolute Gasteiger partial charge is 0.481 e. The third kappa shape index (κ3) is 4.75. The van der Waals surface area contributed by atoms with Gasteiger partial charge >= 0.3 is 5.97 Å². The van der Waals surface area contributed by atoms with Crippen LogP contribution in [-0.4, -0.2) is 69.1 Å². The molecule has 0 aliphatic carbocycles. The third-order valence-electron chi connectivity index (χ3n) is 7.93. The minimum Gasteiger partial charge on any atom is -0.481 e. The third-order valence-corrected chi connectivity index (χ3v) is 9.76. The van der Waals surface area contributed by atoms with Gasteiger partial charge in [-0.1, -0.05) is 29.5 Å². The summed E-state index contributed by atoms with van der Waals surface area (Å²) >= 11 is 0. The van der Waals surface area contributed by atoms with Crippen LogP contribution in [0.25, 0.3) is 11.0 Å². The summed E-state index contributed by atoms with van der Waals surface area (Å²) in [4.78, 5) is 17.0. The number of nitrogens with zero attached hydrogens (tertiary/aromatic N) is 5. The van der Waals surface area contributed by atoms with Gasteiger partial charge in [0.1, 0.15) is 16.2 Å². The molecule has 2 aliphatic heterocycles. The predicted molar refractivity (Wildman–Crippen MR) is 149 cm³/mol. The fourth-order valence-corrected chi connectivity index (χ4v) is 7.22. The molecule has 4 aromatic rings. The van der Waals surface area contributed by atoms with E-state index in [1.54, 1.807) is 28.9 Å². The van der Waals surface area contributed by atoms with E-state index in [1.807, 2.05) is 45.0 Å². The van der Waals surface area contributed by atoms with Crippen molar-refractivity contribution in [2.24, 2.45) is 0 Å². The second kappa shape index (κ2) is 10.2. The molecule has 2 aliphatic rings. The van der Waals surface area contributed by atoms with E-state index in [9.17, 15) is 18.3 Å². The van der Waals surface area contributed by atoms with Crippen molar-refractivity contribution >= 4 is 27.0 Å². The number of rotatable bonds is 7. The topological polar surface area (TPSA) is 137 Å². The van der Waals surface area contributed by atoms with Crippen molar-refractivity contribution in [1.29, 1.82) is 0 Å². The standard InChI is InChI=1S/C29H31N5O6S/c1-4-34-24-12-10-20(19(3)28(24)31-32-34)21(13-27(35)36)22-11-9-18(2)23(30-22)14-33-15-29(16-39-17-29)40-25-7-5-6-8-26(25)41(33,37)38/h5-12,21H,4,13-17H2,1-3H3,(H,35,36)/t21-/m0/s1. The number of ether oxygens (including phenoxy) is 2. The molecule has 214 valence electrons. The van der Waals surface area contributed by atoms with E-state index in [0.717, 1.165) is 27.7 Å². The van der Waals surface area contributed by atoms with Crippen molar-refractivity contribution < 1.29 is 27.8 Å². The zero-order chi connectivity index (χ0) is 28.9. The summed E-state index contributed by atoms with van der Waals surface area (Å²) in [7, 11) is -3.92. The van der Waals surface area contributed by atoms with Crippen LogP contribution in [-0.2, 0) is 32.6 Å². The minimum atomic E-state index is -3.92. The SMILES string of the molecule is CCn1nnc2c(C)c([C@H](CC(=O)O)c3ccc(C)c(CN4CC5(COC5)Oc5ccccc5S4(=O)=O)n3)ccc21. The van der Waals surface area contributed by atoms with Gasteiger partial charge < -0.3 is 14.6 Å². The van der Waals surface area contributed by atoms with Crippen LogP contribution in [0.4, 0.5) is 0 Å². The zero-order valence-electron chi connectivity index (χ0n) is 23.1. The van der Waals surface area contributed by atoms with Crippen LogP contribution in [0.3, 0.4) is 0 Å². The highest BCUT2D eigenvalue weighted by Crippen LogP contribution is 2.38. The molecular formula is C29H31N5O6S. The van der Waals surface area contributed by atoms with E-state index in [-0.39, 0.29) is 37.6 Å². The second-order valence-corrected chi connectivity index (χ2v) is 12.6. The predicted octanol–water partition coefficient (Wildman–Crippen LogP) is 3.42. The molecule has 0 unspecified atom stereocenters. The van der Waals surface area contributed by atoms with Crippen LogP contribution in [0.2, 0.25) is 0 Å². The number of benzene rings is 2. The Morgan fingerprint density at radius 1 is 1.12 bits per heavy atom. The molecule has 41 heavy (non-hydrogen) atoms. The fraction of sp³-hybridized carbons (Fsp3) is 0.379. The molecule has 1 fully saturated rings. The van der Waals surface area contributed by atoms with Gasteiger partial charge in [0.2, 0.25) is 10.0 Å². The number of hydrogen-bond donors (Lipinski definition) is 1. The van der Waals surface area contributed by atoms with Gasteiger partial charge in [0, 0.05) is 18.2 Å². The Labute approximate surface area is 237 Å². The maximum atomic E-state index is 13.8. The summed E-state index contributed by atoms with van der Waals surface area (Å²) in [6, 6.07) is 14.1. The van der Waals surface area contributed by atoms with Gasteiger partial charge in [0.25, 0.3) is 0 Å².